The molecular formula is C14H14ClNO2. The van der Waals surface area contributed by atoms with Crippen LogP contribution in [0, 0.1) is 5.92 Å². The van der Waals surface area contributed by atoms with Crippen LogP contribution in [0.1, 0.15) is 13.8 Å². The largest absolute Gasteiger partial charge is 0.464 e. The van der Waals surface area contributed by atoms with Gasteiger partial charge in [0.15, 0.2) is 0 Å². The van der Waals surface area contributed by atoms with Crippen molar-refractivity contribution in [2.45, 2.75) is 13.8 Å². The fourth-order valence-corrected chi connectivity index (χ4v) is 1.72. The van der Waals surface area contributed by atoms with Crippen LogP contribution in [0.5, 0.6) is 0 Å². The maximum atomic E-state index is 11.6. The van der Waals surface area contributed by atoms with Gasteiger partial charge in [-0.2, -0.15) is 0 Å². The monoisotopic (exact) mass is 263 g/mol. The number of rotatable bonds is 3. The van der Waals surface area contributed by atoms with Crippen molar-refractivity contribution in [2.75, 3.05) is 5.32 Å². The maximum Gasteiger partial charge on any atom is 0.226 e. The van der Waals surface area contributed by atoms with Crippen LogP contribution < -0.4 is 5.32 Å². The van der Waals surface area contributed by atoms with E-state index in [1.165, 1.54) is 0 Å². The molecule has 4 heteroatoms. The third-order valence-electron chi connectivity index (χ3n) is 2.56. The highest BCUT2D eigenvalue weighted by molar-refractivity contribution is 6.34. The van der Waals surface area contributed by atoms with E-state index in [2.05, 4.69) is 5.32 Å². The molecule has 1 amide bonds. The highest BCUT2D eigenvalue weighted by Gasteiger charge is 2.10. The first-order valence-corrected chi connectivity index (χ1v) is 6.10. The summed E-state index contributed by atoms with van der Waals surface area (Å²) in [6, 6.07) is 9.09. The van der Waals surface area contributed by atoms with E-state index in [0.717, 1.165) is 11.3 Å². The molecule has 1 aromatic heterocycles. The fourth-order valence-electron chi connectivity index (χ4n) is 1.49. The molecule has 2 rings (SSSR count). The van der Waals surface area contributed by atoms with Gasteiger partial charge in [-0.15, -0.1) is 0 Å². The Morgan fingerprint density at radius 2 is 2.11 bits per heavy atom. The Kier molecular flexibility index (Phi) is 3.72. The Morgan fingerprint density at radius 1 is 1.33 bits per heavy atom. The number of nitrogens with one attached hydrogen (secondary N) is 1. The molecule has 0 aliphatic heterocycles. The number of anilines is 1. The molecule has 1 N–H and O–H groups in total. The molecule has 2 aromatic rings. The summed E-state index contributed by atoms with van der Waals surface area (Å²) in [7, 11) is 0. The smallest absolute Gasteiger partial charge is 0.226 e. The second-order valence-electron chi connectivity index (χ2n) is 4.32. The van der Waals surface area contributed by atoms with Crippen molar-refractivity contribution in [1.82, 2.24) is 0 Å². The third-order valence-corrected chi connectivity index (χ3v) is 2.87. The van der Waals surface area contributed by atoms with E-state index in [-0.39, 0.29) is 11.8 Å². The average molecular weight is 264 g/mol. The van der Waals surface area contributed by atoms with E-state index in [1.807, 2.05) is 32.0 Å². The summed E-state index contributed by atoms with van der Waals surface area (Å²) in [6.07, 6.45) is 1.61. The van der Waals surface area contributed by atoms with Gasteiger partial charge in [0.1, 0.15) is 5.76 Å². The van der Waals surface area contributed by atoms with Gasteiger partial charge < -0.3 is 9.73 Å². The Balaban J connectivity index is 2.23. The zero-order valence-electron chi connectivity index (χ0n) is 10.2. The predicted molar refractivity (Wildman–Crippen MR) is 72.6 cm³/mol. The van der Waals surface area contributed by atoms with Crippen LogP contribution in [0.2, 0.25) is 5.02 Å². The lowest BCUT2D eigenvalue weighted by molar-refractivity contribution is -0.118. The number of amides is 1. The van der Waals surface area contributed by atoms with Crippen LogP contribution in [-0.2, 0) is 4.79 Å². The summed E-state index contributed by atoms with van der Waals surface area (Å²) in [4.78, 5) is 11.6. The van der Waals surface area contributed by atoms with Crippen molar-refractivity contribution in [2.24, 2.45) is 5.92 Å². The fraction of sp³-hybridized carbons (Fsp3) is 0.214. The van der Waals surface area contributed by atoms with Gasteiger partial charge in [0, 0.05) is 11.5 Å². The number of furan rings is 1. The number of halogens is 1. The summed E-state index contributed by atoms with van der Waals surface area (Å²) in [6.45, 7) is 3.67. The molecule has 0 atom stereocenters. The second-order valence-corrected chi connectivity index (χ2v) is 4.72. The van der Waals surface area contributed by atoms with Gasteiger partial charge >= 0.3 is 0 Å². The molecule has 0 spiro atoms. The second kappa shape index (κ2) is 5.27. The van der Waals surface area contributed by atoms with Crippen LogP contribution in [0.4, 0.5) is 5.69 Å². The topological polar surface area (TPSA) is 42.2 Å². The minimum Gasteiger partial charge on any atom is -0.464 e. The van der Waals surface area contributed by atoms with E-state index < -0.39 is 0 Å². The van der Waals surface area contributed by atoms with Gasteiger partial charge in [-0.1, -0.05) is 25.4 Å². The molecule has 3 nitrogen and oxygen atoms in total. The molecule has 18 heavy (non-hydrogen) atoms. The van der Waals surface area contributed by atoms with E-state index in [4.69, 9.17) is 16.0 Å². The first-order chi connectivity index (χ1) is 8.58. The van der Waals surface area contributed by atoms with Gasteiger partial charge in [-0.05, 0) is 30.3 Å². The van der Waals surface area contributed by atoms with Crippen LogP contribution in [0.25, 0.3) is 11.3 Å². The van der Waals surface area contributed by atoms with Crippen molar-refractivity contribution in [1.29, 1.82) is 0 Å². The number of carbonyl (C=O) groups excluding carboxylic acids is 1. The lowest BCUT2D eigenvalue weighted by Crippen LogP contribution is -2.17. The standard InChI is InChI=1S/C14H14ClNO2/c1-9(2)14(17)16-12-6-5-10(8-11(12)15)13-4-3-7-18-13/h3-9H,1-2H3,(H,16,17). The third kappa shape index (κ3) is 2.74. The number of carbonyl (C=O) groups is 1. The number of benzene rings is 1. The number of hydrogen-bond acceptors (Lipinski definition) is 2. The molecule has 0 bridgehead atoms. The summed E-state index contributed by atoms with van der Waals surface area (Å²) in [5.41, 5.74) is 1.50. The van der Waals surface area contributed by atoms with Gasteiger partial charge in [-0.25, -0.2) is 0 Å². The summed E-state index contributed by atoms with van der Waals surface area (Å²) in [5, 5.41) is 3.28. The lowest BCUT2D eigenvalue weighted by Gasteiger charge is -2.10. The Hall–Kier alpha value is -1.74. The summed E-state index contributed by atoms with van der Waals surface area (Å²) in [5.74, 6) is 0.618. The number of hydrogen-bond donors (Lipinski definition) is 1. The van der Waals surface area contributed by atoms with Crippen molar-refractivity contribution < 1.29 is 9.21 Å². The van der Waals surface area contributed by atoms with Crippen LogP contribution in [0.15, 0.2) is 41.0 Å². The van der Waals surface area contributed by atoms with Crippen molar-refractivity contribution in [3.63, 3.8) is 0 Å². The van der Waals surface area contributed by atoms with Crippen LogP contribution in [-0.4, -0.2) is 5.91 Å². The summed E-state index contributed by atoms with van der Waals surface area (Å²) >= 11 is 6.14. The molecular weight excluding hydrogens is 250 g/mol. The van der Waals surface area contributed by atoms with Gasteiger partial charge in [0.2, 0.25) is 5.91 Å². The van der Waals surface area contributed by atoms with Gasteiger partial charge in [0.05, 0.1) is 17.0 Å². The van der Waals surface area contributed by atoms with Crippen LogP contribution >= 0.6 is 11.6 Å². The predicted octanol–water partition coefficient (Wildman–Crippen LogP) is 4.19. The average Bonchev–Trinajstić information content (AvgIpc) is 2.85. The van der Waals surface area contributed by atoms with Crippen molar-refractivity contribution >= 4 is 23.2 Å². The molecule has 0 aliphatic rings. The molecule has 0 saturated heterocycles. The zero-order chi connectivity index (χ0) is 13.1. The molecule has 0 unspecified atom stereocenters. The van der Waals surface area contributed by atoms with Gasteiger partial charge in [0.25, 0.3) is 0 Å². The highest BCUT2D eigenvalue weighted by atomic mass is 35.5. The summed E-state index contributed by atoms with van der Waals surface area (Å²) < 4.78 is 5.29. The SMILES string of the molecule is CC(C)C(=O)Nc1ccc(-c2ccco2)cc1Cl. The van der Waals surface area contributed by atoms with E-state index in [0.29, 0.717) is 10.7 Å². The minimum absolute atomic E-state index is 0.0531. The maximum absolute atomic E-state index is 11.6. The van der Waals surface area contributed by atoms with E-state index in [1.54, 1.807) is 18.4 Å². The Labute approximate surface area is 111 Å². The molecule has 0 aliphatic carbocycles. The first kappa shape index (κ1) is 12.7. The molecule has 1 heterocycles. The lowest BCUT2D eigenvalue weighted by atomic mass is 10.1. The Morgan fingerprint density at radius 3 is 2.67 bits per heavy atom. The van der Waals surface area contributed by atoms with E-state index in [9.17, 15) is 4.79 Å². The highest BCUT2D eigenvalue weighted by Crippen LogP contribution is 2.29. The quantitative estimate of drug-likeness (QED) is 0.902. The van der Waals surface area contributed by atoms with E-state index >= 15 is 0 Å². The van der Waals surface area contributed by atoms with Crippen molar-refractivity contribution in [3.8, 4) is 11.3 Å². The molecule has 1 aromatic carbocycles. The first-order valence-electron chi connectivity index (χ1n) is 5.72. The molecule has 94 valence electrons. The van der Waals surface area contributed by atoms with Crippen LogP contribution in [0.3, 0.4) is 0 Å². The normalized spacial score (nSPS) is 10.7. The minimum atomic E-state index is -0.0779. The van der Waals surface area contributed by atoms with Gasteiger partial charge in [-0.3, -0.25) is 4.79 Å². The van der Waals surface area contributed by atoms with Crippen molar-refractivity contribution in [3.05, 3.63) is 41.6 Å². The molecule has 0 fully saturated rings. The Bertz CT molecular complexity index is 547. The molecule has 0 saturated carbocycles. The zero-order valence-corrected chi connectivity index (χ0v) is 11.0. The molecule has 0 radical (unpaired) electrons.